The van der Waals surface area contributed by atoms with Crippen molar-refractivity contribution in [2.24, 2.45) is 10.3 Å². The minimum atomic E-state index is -0.605. The van der Waals surface area contributed by atoms with Gasteiger partial charge in [-0.1, -0.05) is 48.4 Å². The number of rotatable bonds is 6. The van der Waals surface area contributed by atoms with Crippen molar-refractivity contribution < 1.29 is 28.9 Å². The maximum atomic E-state index is 12.8. The number of nitrogens with zero attached hydrogens (tertiary/aromatic N) is 2. The molecule has 170 valence electrons. The predicted molar refractivity (Wildman–Crippen MR) is 122 cm³/mol. The maximum Gasteiger partial charge on any atom is 0.331 e. The molecule has 3 rings (SSSR count). The molecule has 0 bridgehead atoms. The fourth-order valence-electron chi connectivity index (χ4n) is 3.79. The number of hydrogen-bond donors (Lipinski definition) is 0. The van der Waals surface area contributed by atoms with Crippen molar-refractivity contribution in [3.05, 3.63) is 58.7 Å². The molecule has 0 N–H and O–H groups in total. The zero-order valence-corrected chi connectivity index (χ0v) is 19.3. The number of Topliss-reactive ketones (excluding diaryl/α,β-unsaturated/α-hetero) is 2. The van der Waals surface area contributed by atoms with Gasteiger partial charge < -0.3 is 9.68 Å². The molecule has 0 amide bonds. The van der Waals surface area contributed by atoms with E-state index in [1.165, 1.54) is 27.7 Å². The first-order chi connectivity index (χ1) is 15.4. The second-order valence-electron chi connectivity index (χ2n) is 8.32. The first-order valence-electron chi connectivity index (χ1n) is 10.3. The van der Waals surface area contributed by atoms with E-state index in [-0.39, 0.29) is 23.0 Å². The van der Waals surface area contributed by atoms with E-state index in [9.17, 15) is 19.2 Å². The Kier molecular flexibility index (Phi) is 6.39. The van der Waals surface area contributed by atoms with Crippen LogP contribution in [0.4, 0.5) is 0 Å². The van der Waals surface area contributed by atoms with Gasteiger partial charge in [0.2, 0.25) is 11.6 Å². The lowest BCUT2D eigenvalue weighted by atomic mass is 9.81. The number of carbonyl (C=O) groups is 4. The van der Waals surface area contributed by atoms with E-state index in [0.29, 0.717) is 11.1 Å². The Labute approximate surface area is 191 Å². The summed E-state index contributed by atoms with van der Waals surface area (Å²) < 4.78 is 0. The fourth-order valence-corrected chi connectivity index (χ4v) is 3.79. The maximum absolute atomic E-state index is 12.8. The molecule has 8 nitrogen and oxygen atoms in total. The van der Waals surface area contributed by atoms with Gasteiger partial charge in [-0.15, -0.1) is 0 Å². The van der Waals surface area contributed by atoms with Gasteiger partial charge in [-0.25, -0.2) is 9.59 Å². The van der Waals surface area contributed by atoms with Crippen LogP contribution in [0, 0.1) is 0 Å². The molecule has 0 aromatic heterocycles. The third-order valence-corrected chi connectivity index (χ3v) is 5.48. The summed E-state index contributed by atoms with van der Waals surface area (Å²) >= 11 is 0. The van der Waals surface area contributed by atoms with E-state index in [4.69, 9.17) is 0 Å². The summed E-state index contributed by atoms with van der Waals surface area (Å²) in [5.41, 5.74) is 4.27. The number of fused-ring (bicyclic) bond motifs is 3. The highest BCUT2D eigenvalue weighted by molar-refractivity contribution is 6.45. The van der Waals surface area contributed by atoms with Crippen molar-refractivity contribution in [2.45, 2.75) is 47.0 Å². The molecule has 0 atom stereocenters. The van der Waals surface area contributed by atoms with Crippen LogP contribution in [-0.2, 0) is 24.7 Å². The smallest absolute Gasteiger partial charge is 0.318 e. The average molecular weight is 448 g/mol. The SMILES string of the molecule is CC(=O)O/N=C(\C)C(=O)c1ccc2c(c1)C(C)(C)c1cc(C(=O)/C(C)=N/OC(C)=O)ccc1-2. The van der Waals surface area contributed by atoms with Crippen molar-refractivity contribution in [3.63, 3.8) is 0 Å². The van der Waals surface area contributed by atoms with Gasteiger partial charge in [-0.2, -0.15) is 0 Å². The van der Waals surface area contributed by atoms with Crippen LogP contribution in [0.1, 0.15) is 73.4 Å². The minimum Gasteiger partial charge on any atom is -0.318 e. The zero-order valence-electron chi connectivity index (χ0n) is 19.3. The van der Waals surface area contributed by atoms with E-state index in [1.54, 1.807) is 24.3 Å². The van der Waals surface area contributed by atoms with Crippen LogP contribution in [0.15, 0.2) is 46.7 Å². The topological polar surface area (TPSA) is 111 Å². The highest BCUT2D eigenvalue weighted by atomic mass is 16.7. The summed E-state index contributed by atoms with van der Waals surface area (Å²) in [7, 11) is 0. The van der Waals surface area contributed by atoms with Crippen LogP contribution >= 0.6 is 0 Å². The van der Waals surface area contributed by atoms with Crippen LogP contribution in [-0.4, -0.2) is 34.9 Å². The molecule has 1 aliphatic carbocycles. The number of carbonyl (C=O) groups excluding carboxylic acids is 4. The third kappa shape index (κ3) is 4.64. The molecule has 0 unspecified atom stereocenters. The second-order valence-corrected chi connectivity index (χ2v) is 8.32. The second kappa shape index (κ2) is 8.90. The molecule has 2 aromatic carbocycles. The van der Waals surface area contributed by atoms with E-state index < -0.39 is 17.4 Å². The Morgan fingerprint density at radius 2 is 1.03 bits per heavy atom. The fraction of sp³-hybridized carbons (Fsp3) is 0.280. The monoisotopic (exact) mass is 448 g/mol. The van der Waals surface area contributed by atoms with Crippen LogP contribution < -0.4 is 0 Å². The molecule has 33 heavy (non-hydrogen) atoms. The highest BCUT2D eigenvalue weighted by Gasteiger charge is 2.36. The molecule has 0 heterocycles. The van der Waals surface area contributed by atoms with Crippen molar-refractivity contribution in [1.29, 1.82) is 0 Å². The van der Waals surface area contributed by atoms with E-state index in [2.05, 4.69) is 20.0 Å². The minimum absolute atomic E-state index is 0.0638. The predicted octanol–water partition coefficient (Wildman–Crippen LogP) is 4.24. The Morgan fingerprint density at radius 3 is 1.36 bits per heavy atom. The van der Waals surface area contributed by atoms with Gasteiger partial charge in [0.05, 0.1) is 0 Å². The van der Waals surface area contributed by atoms with Gasteiger partial charge >= 0.3 is 11.9 Å². The number of ketones is 2. The van der Waals surface area contributed by atoms with Crippen molar-refractivity contribution >= 4 is 34.9 Å². The lowest BCUT2D eigenvalue weighted by Gasteiger charge is -2.22. The third-order valence-electron chi connectivity index (χ3n) is 5.48. The lowest BCUT2D eigenvalue weighted by Crippen LogP contribution is -2.18. The number of oxime groups is 2. The van der Waals surface area contributed by atoms with Gasteiger partial charge in [0.15, 0.2) is 0 Å². The molecular weight excluding hydrogens is 424 g/mol. The molecule has 0 saturated heterocycles. The normalized spacial score (nSPS) is 14.2. The molecule has 0 radical (unpaired) electrons. The standard InChI is InChI=1S/C25H24N2O6/c1-13(26-32-15(3)28)23(30)17-7-9-19-20-10-8-18(24(31)14(2)27-33-16(4)29)12-22(20)25(5,6)21(19)11-17/h7-12H,1-6H3/b26-13+,27-14+. The van der Waals surface area contributed by atoms with Gasteiger partial charge in [-0.3, -0.25) is 9.59 Å². The summed E-state index contributed by atoms with van der Waals surface area (Å²) in [4.78, 5) is 56.6. The molecule has 0 aliphatic heterocycles. The largest absolute Gasteiger partial charge is 0.331 e. The van der Waals surface area contributed by atoms with Crippen LogP contribution in [0.5, 0.6) is 0 Å². The summed E-state index contributed by atoms with van der Waals surface area (Å²) in [5.74, 6) is -1.91. The summed E-state index contributed by atoms with van der Waals surface area (Å²) in [6.07, 6.45) is 0. The van der Waals surface area contributed by atoms with E-state index in [1.807, 2.05) is 26.0 Å². The number of benzene rings is 2. The Morgan fingerprint density at radius 1 is 0.667 bits per heavy atom. The zero-order chi connectivity index (χ0) is 24.5. The highest BCUT2D eigenvalue weighted by Crippen LogP contribution is 2.49. The quantitative estimate of drug-likeness (QED) is 0.283. The summed E-state index contributed by atoms with van der Waals surface area (Å²) in [6.45, 7) is 9.41. The van der Waals surface area contributed by atoms with Gasteiger partial charge in [-0.05, 0) is 48.2 Å². The summed E-state index contributed by atoms with van der Waals surface area (Å²) in [6, 6.07) is 10.7. The van der Waals surface area contributed by atoms with Crippen molar-refractivity contribution in [1.82, 2.24) is 0 Å². The Balaban J connectivity index is 1.98. The molecule has 0 fully saturated rings. The van der Waals surface area contributed by atoms with E-state index >= 15 is 0 Å². The molecular formula is C25H24N2O6. The van der Waals surface area contributed by atoms with Crippen LogP contribution in [0.25, 0.3) is 11.1 Å². The van der Waals surface area contributed by atoms with Crippen molar-refractivity contribution in [3.8, 4) is 11.1 Å². The molecule has 2 aromatic rings. The lowest BCUT2D eigenvalue weighted by molar-refractivity contribution is -0.141. The molecule has 0 spiro atoms. The molecule has 1 aliphatic rings. The van der Waals surface area contributed by atoms with Crippen LogP contribution in [0.2, 0.25) is 0 Å². The summed E-state index contributed by atoms with van der Waals surface area (Å²) in [5, 5.41) is 7.16. The molecule has 8 heteroatoms. The van der Waals surface area contributed by atoms with Crippen molar-refractivity contribution in [2.75, 3.05) is 0 Å². The van der Waals surface area contributed by atoms with Gasteiger partial charge in [0.1, 0.15) is 11.4 Å². The number of hydrogen-bond acceptors (Lipinski definition) is 8. The average Bonchev–Trinajstić information content (AvgIpc) is 3.00. The molecule has 0 saturated carbocycles. The first kappa shape index (κ1) is 23.7. The first-order valence-corrected chi connectivity index (χ1v) is 10.3. The van der Waals surface area contributed by atoms with Crippen LogP contribution in [0.3, 0.4) is 0 Å². The van der Waals surface area contributed by atoms with Gasteiger partial charge in [0.25, 0.3) is 0 Å². The Bertz CT molecular complexity index is 1160. The van der Waals surface area contributed by atoms with Gasteiger partial charge in [0, 0.05) is 30.4 Å². The Hall–Kier alpha value is -3.94. The van der Waals surface area contributed by atoms with E-state index in [0.717, 1.165) is 22.3 Å².